The lowest BCUT2D eigenvalue weighted by Crippen LogP contribution is -2.11. The topological polar surface area (TPSA) is 56.3 Å². The van der Waals surface area contributed by atoms with Gasteiger partial charge in [-0.3, -0.25) is 4.98 Å². The van der Waals surface area contributed by atoms with Crippen LogP contribution < -0.4 is 4.18 Å². The highest BCUT2D eigenvalue weighted by Gasteiger charge is 2.23. The summed E-state index contributed by atoms with van der Waals surface area (Å²) in [7, 11) is -4.25. The van der Waals surface area contributed by atoms with Gasteiger partial charge in [-0.2, -0.15) is 8.42 Å². The minimum Gasteiger partial charge on any atom is -0.377 e. The Bertz CT molecular complexity index is 1050. The number of pyridine rings is 1. The lowest BCUT2D eigenvalue weighted by Gasteiger charge is -2.11. The van der Waals surface area contributed by atoms with Crippen molar-refractivity contribution in [2.75, 3.05) is 0 Å². The van der Waals surface area contributed by atoms with Gasteiger partial charge in [-0.25, -0.2) is 0 Å². The van der Waals surface area contributed by atoms with Crippen molar-refractivity contribution in [2.24, 2.45) is 0 Å². The Labute approximate surface area is 158 Å². The Morgan fingerprint density at radius 2 is 1.58 bits per heavy atom. The van der Waals surface area contributed by atoms with E-state index in [1.807, 2.05) is 0 Å². The zero-order chi connectivity index (χ0) is 17.5. The summed E-state index contributed by atoms with van der Waals surface area (Å²) in [5.41, 5.74) is 0.310. The third-order valence-electron chi connectivity index (χ3n) is 3.12. The maximum absolute atomic E-state index is 12.5. The van der Waals surface area contributed by atoms with E-state index in [9.17, 15) is 8.42 Å². The largest absolute Gasteiger partial charge is 0.377 e. The molecule has 0 aliphatic rings. The molecule has 0 bridgehead atoms. The smallest absolute Gasteiger partial charge is 0.340 e. The van der Waals surface area contributed by atoms with Crippen LogP contribution in [-0.4, -0.2) is 13.4 Å². The summed E-state index contributed by atoms with van der Waals surface area (Å²) < 4.78 is 30.3. The molecule has 0 spiro atoms. The summed E-state index contributed by atoms with van der Waals surface area (Å²) in [5.74, 6) is 0.0251. The Morgan fingerprint density at radius 3 is 2.33 bits per heavy atom. The molecule has 0 atom stereocenters. The fourth-order valence-corrected chi connectivity index (χ4v) is 4.17. The molecule has 0 fully saturated rings. The molecule has 0 aliphatic carbocycles. The molecule has 0 saturated carbocycles. The van der Waals surface area contributed by atoms with Crippen LogP contribution in [0.1, 0.15) is 0 Å². The predicted octanol–water partition coefficient (Wildman–Crippen LogP) is 5.62. The molecule has 0 unspecified atom stereocenters. The molecule has 4 nitrogen and oxygen atoms in total. The lowest BCUT2D eigenvalue weighted by molar-refractivity contribution is 0.488. The van der Waals surface area contributed by atoms with E-state index < -0.39 is 10.1 Å². The van der Waals surface area contributed by atoms with Crippen molar-refractivity contribution in [3.8, 4) is 5.75 Å². The summed E-state index contributed by atoms with van der Waals surface area (Å²) in [6, 6.07) is 8.69. The first-order chi connectivity index (χ1) is 11.3. The summed E-state index contributed by atoms with van der Waals surface area (Å²) in [6.07, 6.45) is 1.50. The molecule has 0 aliphatic heterocycles. The zero-order valence-corrected chi connectivity index (χ0v) is 15.5. The van der Waals surface area contributed by atoms with Crippen LogP contribution in [0.4, 0.5) is 0 Å². The minimum atomic E-state index is -4.25. The van der Waals surface area contributed by atoms with E-state index in [-0.39, 0.29) is 25.7 Å². The van der Waals surface area contributed by atoms with Crippen LogP contribution in [0.3, 0.4) is 0 Å². The molecular weight excluding hydrogens is 416 g/mol. The molecular formula is C15H7Cl4NO3S. The van der Waals surface area contributed by atoms with Crippen LogP contribution in [0.25, 0.3) is 10.9 Å². The monoisotopic (exact) mass is 421 g/mol. The molecule has 0 saturated heterocycles. The SMILES string of the molecule is O=S(=O)(Oc1ccc(Cl)c2cccnc12)c1cc(Cl)c(Cl)cc1Cl. The molecule has 0 amide bonds. The van der Waals surface area contributed by atoms with Crippen molar-refractivity contribution >= 4 is 67.4 Å². The average Bonchev–Trinajstić information content (AvgIpc) is 2.53. The first-order valence-corrected chi connectivity index (χ1v) is 9.34. The quantitative estimate of drug-likeness (QED) is 0.406. The maximum Gasteiger partial charge on any atom is 0.340 e. The molecule has 0 N–H and O–H groups in total. The van der Waals surface area contributed by atoms with E-state index in [1.54, 1.807) is 12.1 Å². The normalized spacial score (nSPS) is 11.7. The van der Waals surface area contributed by atoms with Crippen LogP contribution in [0.5, 0.6) is 5.75 Å². The Morgan fingerprint density at radius 1 is 0.875 bits per heavy atom. The van der Waals surface area contributed by atoms with Crippen molar-refractivity contribution in [3.05, 3.63) is 62.7 Å². The number of benzene rings is 2. The molecule has 3 rings (SSSR count). The number of fused-ring (bicyclic) bond motifs is 1. The maximum atomic E-state index is 12.5. The summed E-state index contributed by atoms with van der Waals surface area (Å²) in [5, 5.41) is 1.07. The molecule has 1 heterocycles. The van der Waals surface area contributed by atoms with Crippen molar-refractivity contribution < 1.29 is 12.6 Å². The summed E-state index contributed by atoms with van der Waals surface area (Å²) in [4.78, 5) is 3.83. The summed E-state index contributed by atoms with van der Waals surface area (Å²) >= 11 is 23.7. The third-order valence-corrected chi connectivity index (χ3v) is 5.87. The highest BCUT2D eigenvalue weighted by atomic mass is 35.5. The molecule has 0 radical (unpaired) electrons. The van der Waals surface area contributed by atoms with Gasteiger partial charge in [-0.15, -0.1) is 0 Å². The molecule has 3 aromatic rings. The van der Waals surface area contributed by atoms with Crippen LogP contribution in [0, 0.1) is 0 Å². The average molecular weight is 423 g/mol. The van der Waals surface area contributed by atoms with Gasteiger partial charge in [0.05, 0.1) is 20.1 Å². The van der Waals surface area contributed by atoms with E-state index in [1.165, 1.54) is 24.4 Å². The number of halogens is 4. The Balaban J connectivity index is 2.12. The number of hydrogen-bond donors (Lipinski definition) is 0. The van der Waals surface area contributed by atoms with Gasteiger partial charge in [0.2, 0.25) is 0 Å². The first kappa shape index (κ1) is 17.6. The molecule has 1 aromatic heterocycles. The first-order valence-electron chi connectivity index (χ1n) is 6.42. The van der Waals surface area contributed by atoms with Gasteiger partial charge in [-0.05, 0) is 36.4 Å². The third kappa shape index (κ3) is 3.27. The Kier molecular flexibility index (Phi) is 4.82. The fraction of sp³-hybridized carbons (Fsp3) is 0. The highest BCUT2D eigenvalue weighted by Crippen LogP contribution is 2.35. The van der Waals surface area contributed by atoms with Gasteiger partial charge in [0, 0.05) is 11.6 Å². The molecule has 2 aromatic carbocycles. The van der Waals surface area contributed by atoms with Crippen LogP contribution in [0.15, 0.2) is 47.5 Å². The van der Waals surface area contributed by atoms with Gasteiger partial charge < -0.3 is 4.18 Å². The van der Waals surface area contributed by atoms with E-state index in [0.29, 0.717) is 15.9 Å². The predicted molar refractivity (Wildman–Crippen MR) is 96.0 cm³/mol. The van der Waals surface area contributed by atoms with Crippen molar-refractivity contribution in [1.29, 1.82) is 0 Å². The van der Waals surface area contributed by atoms with Gasteiger partial charge in [0.25, 0.3) is 0 Å². The van der Waals surface area contributed by atoms with Crippen LogP contribution in [-0.2, 0) is 10.1 Å². The standard InChI is InChI=1S/C15H7Cl4NO3S/c16-9-3-4-13(15-8(9)2-1-5-20-15)23-24(21,22)14-7-11(18)10(17)6-12(14)19/h1-7H. The number of hydrogen-bond acceptors (Lipinski definition) is 4. The lowest BCUT2D eigenvalue weighted by atomic mass is 10.2. The van der Waals surface area contributed by atoms with Gasteiger partial charge >= 0.3 is 10.1 Å². The fourth-order valence-electron chi connectivity index (χ4n) is 2.04. The van der Waals surface area contributed by atoms with Gasteiger partial charge in [0.1, 0.15) is 10.4 Å². The molecule has 24 heavy (non-hydrogen) atoms. The van der Waals surface area contributed by atoms with Gasteiger partial charge in [-0.1, -0.05) is 46.4 Å². The highest BCUT2D eigenvalue weighted by molar-refractivity contribution is 7.87. The number of rotatable bonds is 3. The molecule has 9 heteroatoms. The second kappa shape index (κ2) is 6.58. The van der Waals surface area contributed by atoms with Crippen molar-refractivity contribution in [1.82, 2.24) is 4.98 Å². The van der Waals surface area contributed by atoms with E-state index in [0.717, 1.165) is 6.07 Å². The van der Waals surface area contributed by atoms with Crippen LogP contribution in [0.2, 0.25) is 20.1 Å². The minimum absolute atomic E-state index is 0.0251. The Hall–Kier alpha value is -1.24. The number of aromatic nitrogens is 1. The van der Waals surface area contributed by atoms with Crippen molar-refractivity contribution in [3.63, 3.8) is 0 Å². The van der Waals surface area contributed by atoms with E-state index in [4.69, 9.17) is 50.6 Å². The molecule has 124 valence electrons. The number of nitrogens with zero attached hydrogens (tertiary/aromatic N) is 1. The van der Waals surface area contributed by atoms with Crippen molar-refractivity contribution in [2.45, 2.75) is 4.90 Å². The van der Waals surface area contributed by atoms with Crippen LogP contribution >= 0.6 is 46.4 Å². The van der Waals surface area contributed by atoms with Gasteiger partial charge in [0.15, 0.2) is 5.75 Å². The second-order valence-electron chi connectivity index (χ2n) is 4.68. The second-order valence-corrected chi connectivity index (χ2v) is 7.82. The van der Waals surface area contributed by atoms with E-state index in [2.05, 4.69) is 4.98 Å². The zero-order valence-electron chi connectivity index (χ0n) is 11.6. The van der Waals surface area contributed by atoms with E-state index >= 15 is 0 Å². The summed E-state index contributed by atoms with van der Waals surface area (Å²) in [6.45, 7) is 0.